The third-order valence-corrected chi connectivity index (χ3v) is 12.2. The summed E-state index contributed by atoms with van der Waals surface area (Å²) in [6.07, 6.45) is 0. The van der Waals surface area contributed by atoms with E-state index < -0.39 is 0 Å². The van der Waals surface area contributed by atoms with Crippen molar-refractivity contribution < 1.29 is 4.42 Å². The van der Waals surface area contributed by atoms with Gasteiger partial charge in [-0.2, -0.15) is 0 Å². The highest BCUT2D eigenvalue weighted by molar-refractivity contribution is 7.25. The van der Waals surface area contributed by atoms with E-state index in [2.05, 4.69) is 168 Å². The van der Waals surface area contributed by atoms with E-state index in [1.807, 2.05) is 18.2 Å². The molecule has 0 atom stereocenters. The maximum Gasteiger partial charge on any atom is 0.164 e. The largest absolute Gasteiger partial charge is 0.456 e. The number of benzene rings is 8. The third kappa shape index (κ3) is 5.12. The zero-order valence-electron chi connectivity index (χ0n) is 30.4. The van der Waals surface area contributed by atoms with Crippen LogP contribution < -0.4 is 0 Å². The van der Waals surface area contributed by atoms with Gasteiger partial charge in [0, 0.05) is 70.2 Å². The van der Waals surface area contributed by atoms with Gasteiger partial charge >= 0.3 is 0 Å². The summed E-state index contributed by atoms with van der Waals surface area (Å²) in [5.41, 5.74) is 9.94. The van der Waals surface area contributed by atoms with E-state index in [1.165, 1.54) is 25.6 Å². The predicted molar refractivity (Wildman–Crippen MR) is 236 cm³/mol. The van der Waals surface area contributed by atoms with Crippen molar-refractivity contribution in [1.29, 1.82) is 0 Å². The smallest absolute Gasteiger partial charge is 0.164 e. The molecule has 0 spiro atoms. The third-order valence-electron chi connectivity index (χ3n) is 11.0. The fourth-order valence-corrected chi connectivity index (χ4v) is 9.56. The Bertz CT molecular complexity index is 3530. The Labute approximate surface area is 330 Å². The fraction of sp³-hybridized carbons (Fsp3) is 0. The Hall–Kier alpha value is -7.41. The molecule has 12 rings (SSSR count). The lowest BCUT2D eigenvalue weighted by atomic mass is 10.0. The van der Waals surface area contributed by atoms with E-state index in [4.69, 9.17) is 19.4 Å². The summed E-state index contributed by atoms with van der Waals surface area (Å²) < 4.78 is 11.5. The van der Waals surface area contributed by atoms with Gasteiger partial charge in [-0.05, 0) is 59.7 Å². The summed E-state index contributed by atoms with van der Waals surface area (Å²) in [7, 11) is 0. The molecule has 0 aliphatic heterocycles. The molecule has 266 valence electrons. The molecule has 12 aromatic rings. The highest BCUT2D eigenvalue weighted by atomic mass is 32.1. The average Bonchev–Trinajstić information content (AvgIpc) is 3.95. The summed E-state index contributed by atoms with van der Waals surface area (Å²) in [6.45, 7) is 0. The number of nitrogens with zero attached hydrogens (tertiary/aromatic N) is 4. The molecule has 4 aromatic heterocycles. The normalized spacial score (nSPS) is 11.9. The number of fused-ring (bicyclic) bond motifs is 9. The number of hydrogen-bond acceptors (Lipinski definition) is 5. The first kappa shape index (κ1) is 31.9. The molecule has 4 heterocycles. The molecular weight excluding hydrogens is 717 g/mol. The van der Waals surface area contributed by atoms with Crippen LogP contribution in [0.1, 0.15) is 0 Å². The molecule has 0 unspecified atom stereocenters. The van der Waals surface area contributed by atoms with Crippen LogP contribution in [0, 0.1) is 0 Å². The molecule has 5 nitrogen and oxygen atoms in total. The molecule has 0 aliphatic carbocycles. The topological polar surface area (TPSA) is 56.7 Å². The quantitative estimate of drug-likeness (QED) is 0.176. The van der Waals surface area contributed by atoms with Crippen molar-refractivity contribution in [2.24, 2.45) is 0 Å². The second kappa shape index (κ2) is 12.6. The number of para-hydroxylation sites is 2. The van der Waals surface area contributed by atoms with E-state index in [1.54, 1.807) is 11.3 Å². The average molecular weight is 747 g/mol. The predicted octanol–water partition coefficient (Wildman–Crippen LogP) is 13.9. The Kier molecular flexibility index (Phi) is 7.03. The van der Waals surface area contributed by atoms with Crippen LogP contribution in [0.25, 0.3) is 115 Å². The van der Waals surface area contributed by atoms with Crippen molar-refractivity contribution in [3.8, 4) is 51.0 Å². The molecule has 0 saturated carbocycles. The molecule has 6 heteroatoms. The van der Waals surface area contributed by atoms with Crippen LogP contribution >= 0.6 is 11.3 Å². The lowest BCUT2D eigenvalue weighted by Gasteiger charge is -2.10. The lowest BCUT2D eigenvalue weighted by Crippen LogP contribution is -2.00. The molecule has 0 amide bonds. The van der Waals surface area contributed by atoms with E-state index >= 15 is 0 Å². The SMILES string of the molecule is c1ccc(-c2cccc(-c3nc(-c4ccc5c(c4)sc4ccccc45)nc(-c4cccc5oc6cc7c(cc6c45)c4ccccc4n7-c4ccccc4)n3)c2)cc1. The van der Waals surface area contributed by atoms with Gasteiger partial charge < -0.3 is 8.98 Å². The summed E-state index contributed by atoms with van der Waals surface area (Å²) in [6, 6.07) is 63.7. The van der Waals surface area contributed by atoms with E-state index in [9.17, 15) is 0 Å². The Morgan fingerprint density at radius 1 is 0.386 bits per heavy atom. The zero-order chi connectivity index (χ0) is 37.5. The number of furan rings is 1. The molecule has 0 fully saturated rings. The van der Waals surface area contributed by atoms with Crippen molar-refractivity contribution in [2.45, 2.75) is 0 Å². The minimum absolute atomic E-state index is 0.594. The highest BCUT2D eigenvalue weighted by Crippen LogP contribution is 2.42. The second-order valence-corrected chi connectivity index (χ2v) is 15.5. The van der Waals surface area contributed by atoms with Gasteiger partial charge in [-0.15, -0.1) is 11.3 Å². The van der Waals surface area contributed by atoms with Gasteiger partial charge in [-0.25, -0.2) is 15.0 Å². The van der Waals surface area contributed by atoms with E-state index in [-0.39, 0.29) is 0 Å². The first-order chi connectivity index (χ1) is 28.2. The summed E-state index contributed by atoms with van der Waals surface area (Å²) in [4.78, 5) is 15.7. The van der Waals surface area contributed by atoms with Gasteiger partial charge in [0.2, 0.25) is 0 Å². The summed E-state index contributed by atoms with van der Waals surface area (Å²) >= 11 is 1.79. The van der Waals surface area contributed by atoms with Crippen molar-refractivity contribution in [2.75, 3.05) is 0 Å². The lowest BCUT2D eigenvalue weighted by molar-refractivity contribution is 0.669. The van der Waals surface area contributed by atoms with E-state index in [0.717, 1.165) is 71.9 Å². The first-order valence-corrected chi connectivity index (χ1v) is 19.8. The Morgan fingerprint density at radius 3 is 1.91 bits per heavy atom. The monoisotopic (exact) mass is 746 g/mol. The number of thiophene rings is 1. The van der Waals surface area contributed by atoms with Crippen LogP contribution in [-0.4, -0.2) is 19.5 Å². The number of rotatable bonds is 5. The van der Waals surface area contributed by atoms with Crippen molar-refractivity contribution in [3.05, 3.63) is 182 Å². The van der Waals surface area contributed by atoms with Gasteiger partial charge in [0.1, 0.15) is 11.2 Å². The Morgan fingerprint density at radius 2 is 1.05 bits per heavy atom. The van der Waals surface area contributed by atoms with Gasteiger partial charge in [0.05, 0.1) is 11.0 Å². The molecule has 0 aliphatic rings. The van der Waals surface area contributed by atoms with Crippen molar-refractivity contribution in [1.82, 2.24) is 19.5 Å². The summed E-state index contributed by atoms with van der Waals surface area (Å²) in [5, 5.41) is 6.84. The standard InChI is InChI=1S/C51H30N4OS/c1-3-13-31(14-4-1)32-15-11-16-33(27-32)49-52-50(34-25-26-38-37-20-8-10-24-46(37)57-47(38)28-34)54-51(53-49)39-21-12-23-44-48(39)41-29-40-36-19-7-9-22-42(36)55(35-17-5-2-6-18-35)43(40)30-45(41)56-44/h1-30H. The number of hydrogen-bond donors (Lipinski definition) is 0. The molecule has 0 N–H and O–H groups in total. The molecule has 0 bridgehead atoms. The zero-order valence-corrected chi connectivity index (χ0v) is 31.2. The maximum absolute atomic E-state index is 6.70. The summed E-state index contributed by atoms with van der Waals surface area (Å²) in [5.74, 6) is 1.83. The van der Waals surface area contributed by atoms with Crippen LogP contribution in [0.15, 0.2) is 186 Å². The fourth-order valence-electron chi connectivity index (χ4n) is 8.42. The maximum atomic E-state index is 6.70. The molecule has 0 saturated heterocycles. The Balaban J connectivity index is 1.10. The van der Waals surface area contributed by atoms with Gasteiger partial charge in [-0.1, -0.05) is 127 Å². The van der Waals surface area contributed by atoms with Crippen LogP contribution in [0.2, 0.25) is 0 Å². The minimum Gasteiger partial charge on any atom is -0.456 e. The minimum atomic E-state index is 0.594. The molecular formula is C51H30N4OS. The highest BCUT2D eigenvalue weighted by Gasteiger charge is 2.21. The number of aromatic nitrogens is 4. The molecule has 0 radical (unpaired) electrons. The first-order valence-electron chi connectivity index (χ1n) is 19.0. The molecule has 8 aromatic carbocycles. The van der Waals surface area contributed by atoms with Crippen molar-refractivity contribution in [3.63, 3.8) is 0 Å². The van der Waals surface area contributed by atoms with Crippen LogP contribution in [0.4, 0.5) is 0 Å². The molecule has 57 heavy (non-hydrogen) atoms. The van der Waals surface area contributed by atoms with Crippen LogP contribution in [0.3, 0.4) is 0 Å². The van der Waals surface area contributed by atoms with Gasteiger partial charge in [-0.3, -0.25) is 0 Å². The van der Waals surface area contributed by atoms with Gasteiger partial charge in [0.15, 0.2) is 17.5 Å². The van der Waals surface area contributed by atoms with Crippen molar-refractivity contribution >= 4 is 75.3 Å². The second-order valence-electron chi connectivity index (χ2n) is 14.4. The van der Waals surface area contributed by atoms with Gasteiger partial charge in [0.25, 0.3) is 0 Å². The van der Waals surface area contributed by atoms with Crippen LogP contribution in [-0.2, 0) is 0 Å². The van der Waals surface area contributed by atoms with Crippen LogP contribution in [0.5, 0.6) is 0 Å². The van der Waals surface area contributed by atoms with E-state index in [0.29, 0.717) is 17.5 Å².